The van der Waals surface area contributed by atoms with E-state index in [0.29, 0.717) is 11.5 Å². The molecule has 17 heavy (non-hydrogen) atoms. The summed E-state index contributed by atoms with van der Waals surface area (Å²) in [6.07, 6.45) is 2.39. The Bertz CT molecular complexity index is 429. The normalized spacial score (nSPS) is 14.5. The number of rotatable bonds is 4. The van der Waals surface area contributed by atoms with Gasteiger partial charge in [-0.2, -0.15) is 0 Å². The minimum absolute atomic E-state index is 0.124. The maximum Gasteiger partial charge on any atom is 0.255 e. The van der Waals surface area contributed by atoms with Crippen LogP contribution in [0.3, 0.4) is 0 Å². The maximum atomic E-state index is 13.5. The zero-order valence-electron chi connectivity index (χ0n) is 10.2. The van der Waals surface area contributed by atoms with Crippen LogP contribution in [0.2, 0.25) is 0 Å². The van der Waals surface area contributed by atoms with Crippen LogP contribution in [-0.2, 0) is 0 Å². The molecule has 0 heterocycles. The highest BCUT2D eigenvalue weighted by Crippen LogP contribution is 2.30. The molecule has 0 unspecified atom stereocenters. The first-order valence-corrected chi connectivity index (χ1v) is 5.85. The van der Waals surface area contributed by atoms with Gasteiger partial charge in [0.25, 0.3) is 5.91 Å². The lowest BCUT2D eigenvalue weighted by molar-refractivity contribution is 0.0789. The van der Waals surface area contributed by atoms with Crippen molar-refractivity contribution < 1.29 is 9.18 Å². The molecule has 1 aromatic rings. The highest BCUT2D eigenvalue weighted by molar-refractivity contribution is 5.99. The molecule has 3 nitrogen and oxygen atoms in total. The molecule has 1 N–H and O–H groups in total. The average Bonchev–Trinajstić information content (AvgIpc) is 3.11. The summed E-state index contributed by atoms with van der Waals surface area (Å²) >= 11 is 0. The van der Waals surface area contributed by atoms with E-state index in [1.54, 1.807) is 31.1 Å². The predicted molar refractivity (Wildman–Crippen MR) is 65.6 cm³/mol. The second-order valence-corrected chi connectivity index (χ2v) is 4.54. The number of anilines is 1. The van der Waals surface area contributed by atoms with Crippen molar-refractivity contribution in [2.45, 2.75) is 12.8 Å². The molecule has 0 aliphatic heterocycles. The van der Waals surface area contributed by atoms with Gasteiger partial charge in [-0.3, -0.25) is 4.79 Å². The van der Waals surface area contributed by atoms with Crippen molar-refractivity contribution in [3.8, 4) is 0 Å². The van der Waals surface area contributed by atoms with Crippen molar-refractivity contribution in [3.63, 3.8) is 0 Å². The third-order valence-corrected chi connectivity index (χ3v) is 3.07. The van der Waals surface area contributed by atoms with E-state index in [1.165, 1.54) is 18.9 Å². The fraction of sp³-hybridized carbons (Fsp3) is 0.462. The number of halogens is 1. The van der Waals surface area contributed by atoms with Crippen LogP contribution in [0, 0.1) is 11.7 Å². The fourth-order valence-corrected chi connectivity index (χ4v) is 1.93. The van der Waals surface area contributed by atoms with Crippen LogP contribution in [0.1, 0.15) is 23.2 Å². The Balaban J connectivity index is 2.19. The zero-order valence-corrected chi connectivity index (χ0v) is 10.2. The van der Waals surface area contributed by atoms with E-state index in [4.69, 9.17) is 0 Å². The third kappa shape index (κ3) is 2.57. The molecule has 1 aromatic carbocycles. The number of hydrogen-bond acceptors (Lipinski definition) is 2. The molecule has 0 spiro atoms. The minimum Gasteiger partial charge on any atom is -0.385 e. The number of nitrogens with one attached hydrogen (secondary N) is 1. The van der Waals surface area contributed by atoms with Crippen LogP contribution in [-0.4, -0.2) is 31.4 Å². The Labute approximate surface area is 101 Å². The standard InChI is InChI=1S/C13H17FN2O/c1-15-12-10(4-3-5-11(12)14)13(17)16(2)8-9-6-7-9/h3-5,9,15H,6-8H2,1-2H3. The first-order chi connectivity index (χ1) is 8.13. The summed E-state index contributed by atoms with van der Waals surface area (Å²) in [6, 6.07) is 4.57. The molecule has 1 saturated carbocycles. The average molecular weight is 236 g/mol. The van der Waals surface area contributed by atoms with Crippen LogP contribution in [0.4, 0.5) is 10.1 Å². The van der Waals surface area contributed by atoms with Crippen molar-refractivity contribution in [3.05, 3.63) is 29.6 Å². The minimum atomic E-state index is -0.391. The molecule has 0 saturated heterocycles. The van der Waals surface area contributed by atoms with Crippen molar-refractivity contribution in [2.75, 3.05) is 26.0 Å². The summed E-state index contributed by atoms with van der Waals surface area (Å²) in [7, 11) is 3.39. The first kappa shape index (κ1) is 11.9. The number of amides is 1. The lowest BCUT2D eigenvalue weighted by atomic mass is 10.1. The number of hydrogen-bond donors (Lipinski definition) is 1. The Morgan fingerprint density at radius 1 is 1.53 bits per heavy atom. The van der Waals surface area contributed by atoms with Crippen molar-refractivity contribution in [1.82, 2.24) is 4.90 Å². The molecule has 1 aliphatic carbocycles. The number of carbonyl (C=O) groups is 1. The number of carbonyl (C=O) groups excluding carboxylic acids is 1. The lowest BCUT2D eigenvalue weighted by Crippen LogP contribution is -2.29. The summed E-state index contributed by atoms with van der Waals surface area (Å²) in [5, 5.41) is 2.75. The van der Waals surface area contributed by atoms with Gasteiger partial charge < -0.3 is 10.2 Å². The third-order valence-electron chi connectivity index (χ3n) is 3.07. The molecule has 1 fully saturated rings. The van der Waals surface area contributed by atoms with E-state index in [2.05, 4.69) is 5.32 Å². The summed E-state index contributed by atoms with van der Waals surface area (Å²) in [5.74, 6) is 0.120. The lowest BCUT2D eigenvalue weighted by Gasteiger charge is -2.18. The van der Waals surface area contributed by atoms with E-state index >= 15 is 0 Å². The molecule has 0 radical (unpaired) electrons. The highest BCUT2D eigenvalue weighted by atomic mass is 19.1. The summed E-state index contributed by atoms with van der Waals surface area (Å²) in [5.41, 5.74) is 0.677. The topological polar surface area (TPSA) is 32.3 Å². The van der Waals surface area contributed by atoms with Crippen LogP contribution >= 0.6 is 0 Å². The number of nitrogens with zero attached hydrogens (tertiary/aromatic N) is 1. The number of para-hydroxylation sites is 1. The van der Waals surface area contributed by atoms with Gasteiger partial charge in [-0.25, -0.2) is 4.39 Å². The molecule has 2 rings (SSSR count). The molecule has 0 atom stereocenters. The predicted octanol–water partition coefficient (Wildman–Crippen LogP) is 2.35. The van der Waals surface area contributed by atoms with E-state index in [0.717, 1.165) is 6.54 Å². The monoisotopic (exact) mass is 236 g/mol. The van der Waals surface area contributed by atoms with E-state index in [-0.39, 0.29) is 11.6 Å². The van der Waals surface area contributed by atoms with Crippen LogP contribution in [0.15, 0.2) is 18.2 Å². The van der Waals surface area contributed by atoms with Gasteiger partial charge in [0.05, 0.1) is 11.3 Å². The van der Waals surface area contributed by atoms with Gasteiger partial charge in [-0.15, -0.1) is 0 Å². The van der Waals surface area contributed by atoms with E-state index < -0.39 is 5.82 Å². The fourth-order valence-electron chi connectivity index (χ4n) is 1.93. The molecule has 92 valence electrons. The van der Waals surface area contributed by atoms with Crippen molar-refractivity contribution in [2.24, 2.45) is 5.92 Å². The van der Waals surface area contributed by atoms with Gasteiger partial charge in [0, 0.05) is 20.6 Å². The largest absolute Gasteiger partial charge is 0.385 e. The van der Waals surface area contributed by atoms with E-state index in [9.17, 15) is 9.18 Å². The zero-order chi connectivity index (χ0) is 12.4. The van der Waals surface area contributed by atoms with Crippen LogP contribution < -0.4 is 5.32 Å². The first-order valence-electron chi connectivity index (χ1n) is 5.85. The highest BCUT2D eigenvalue weighted by Gasteiger charge is 2.26. The van der Waals surface area contributed by atoms with E-state index in [1.807, 2.05) is 0 Å². The Morgan fingerprint density at radius 2 is 2.24 bits per heavy atom. The van der Waals surface area contributed by atoms with Gasteiger partial charge in [0.15, 0.2) is 0 Å². The molecular weight excluding hydrogens is 219 g/mol. The van der Waals surface area contributed by atoms with Gasteiger partial charge >= 0.3 is 0 Å². The molecule has 4 heteroatoms. The van der Waals surface area contributed by atoms with Gasteiger partial charge in [0.2, 0.25) is 0 Å². The van der Waals surface area contributed by atoms with Crippen LogP contribution in [0.5, 0.6) is 0 Å². The smallest absolute Gasteiger partial charge is 0.255 e. The van der Waals surface area contributed by atoms with Gasteiger partial charge in [-0.1, -0.05) is 6.07 Å². The van der Waals surface area contributed by atoms with Gasteiger partial charge in [0.1, 0.15) is 5.82 Å². The second-order valence-electron chi connectivity index (χ2n) is 4.54. The molecule has 1 aliphatic rings. The Hall–Kier alpha value is -1.58. The summed E-state index contributed by atoms with van der Waals surface area (Å²) in [4.78, 5) is 13.8. The Kier molecular flexibility index (Phi) is 3.31. The molecular formula is C13H17FN2O. The van der Waals surface area contributed by atoms with Crippen LogP contribution in [0.25, 0.3) is 0 Å². The van der Waals surface area contributed by atoms with Crippen molar-refractivity contribution >= 4 is 11.6 Å². The Morgan fingerprint density at radius 3 is 2.82 bits per heavy atom. The summed E-state index contributed by atoms with van der Waals surface area (Å²) in [6.45, 7) is 0.762. The summed E-state index contributed by atoms with van der Waals surface area (Å²) < 4.78 is 13.5. The molecule has 0 aromatic heterocycles. The molecule has 0 bridgehead atoms. The SMILES string of the molecule is CNc1c(F)cccc1C(=O)N(C)CC1CC1. The quantitative estimate of drug-likeness (QED) is 0.870. The second kappa shape index (κ2) is 4.73. The van der Waals surface area contributed by atoms with Crippen molar-refractivity contribution in [1.29, 1.82) is 0 Å². The van der Waals surface area contributed by atoms with Gasteiger partial charge in [-0.05, 0) is 30.9 Å². The molecule has 1 amide bonds. The number of benzene rings is 1. The maximum absolute atomic E-state index is 13.5.